The van der Waals surface area contributed by atoms with Crippen LogP contribution in [0.2, 0.25) is 0 Å². The summed E-state index contributed by atoms with van der Waals surface area (Å²) in [4.78, 5) is 38.2. The van der Waals surface area contributed by atoms with Crippen LogP contribution in [0.25, 0.3) is 0 Å². The molecule has 9 nitrogen and oxygen atoms in total. The van der Waals surface area contributed by atoms with Gasteiger partial charge in [0.2, 0.25) is 0 Å². The Morgan fingerprint density at radius 3 is 0.784 bits per heavy atom. The summed E-state index contributed by atoms with van der Waals surface area (Å²) >= 11 is 0. The molecule has 0 spiro atoms. The van der Waals surface area contributed by atoms with Crippen molar-refractivity contribution in [3.8, 4) is 0 Å². The fourth-order valence-electron chi connectivity index (χ4n) is 10.4. The van der Waals surface area contributed by atoms with Gasteiger partial charge in [0.25, 0.3) is 7.82 Å². The van der Waals surface area contributed by atoms with Crippen LogP contribution in [0.4, 0.5) is 0 Å². The van der Waals surface area contributed by atoms with Crippen LogP contribution in [0.5, 0.6) is 0 Å². The number of hydrogen-bond donors (Lipinski definition) is 0. The third kappa shape index (κ3) is 83.3. The number of quaternary nitrogens is 1. The SMILES string of the molecule is CC/C=C\C/C=C\C/C=C\C/C=C\C/C=C\C/C=C\C/C=C\C/C=C\C/C=C\C/C=C\CCCCCCCCC(=O)OC(COC(=O)CCCCCCCCCCCCCCCCCC/C=C\C/C=C\C/C=C\C/C=C\C/C=C\C/C=C\C/C=C\C/C=C\CC)COP(=O)([O-])OCC[N+](C)(C)C. The van der Waals surface area contributed by atoms with E-state index in [4.69, 9.17) is 18.5 Å². The molecule has 0 aliphatic rings. The number of rotatable bonds is 72. The first-order valence-corrected chi connectivity index (χ1v) is 41.9. The largest absolute Gasteiger partial charge is 0.756 e. The van der Waals surface area contributed by atoms with Gasteiger partial charge in [0, 0.05) is 12.8 Å². The molecule has 574 valence electrons. The summed E-state index contributed by atoms with van der Waals surface area (Å²) in [5.74, 6) is -0.858. The molecule has 102 heavy (non-hydrogen) atoms. The third-order valence-electron chi connectivity index (χ3n) is 16.5. The fraction of sp³-hybridized carbons (Fsp3) is 0.587. The van der Waals surface area contributed by atoms with Crippen molar-refractivity contribution in [2.24, 2.45) is 0 Å². The van der Waals surface area contributed by atoms with Gasteiger partial charge in [0.05, 0.1) is 27.7 Å². The molecule has 0 aromatic carbocycles. The number of unbranched alkanes of at least 4 members (excludes halogenated alkanes) is 22. The number of phosphoric ester groups is 1. The molecule has 0 saturated carbocycles. The fourth-order valence-corrected chi connectivity index (χ4v) is 11.1. The molecule has 0 amide bonds. The van der Waals surface area contributed by atoms with E-state index in [2.05, 4.69) is 233 Å². The molecule has 0 radical (unpaired) electrons. The number of allylic oxidation sites excluding steroid dienone is 36. The number of likely N-dealkylation sites (N-methyl/N-ethyl adjacent to an activating group) is 1. The Labute approximate surface area is 627 Å². The van der Waals surface area contributed by atoms with Crippen LogP contribution in [0, 0.1) is 0 Å². The summed E-state index contributed by atoms with van der Waals surface area (Å²) in [6.07, 6.45) is 126. The summed E-state index contributed by atoms with van der Waals surface area (Å²) < 4.78 is 34.4. The van der Waals surface area contributed by atoms with Gasteiger partial charge in [-0.25, -0.2) is 0 Å². The molecule has 10 heteroatoms. The van der Waals surface area contributed by atoms with Crippen molar-refractivity contribution in [1.29, 1.82) is 0 Å². The number of hydrogen-bond acceptors (Lipinski definition) is 8. The number of nitrogens with zero attached hydrogens (tertiary/aromatic N) is 1. The summed E-state index contributed by atoms with van der Waals surface area (Å²) in [5, 5.41) is 0. The standard InChI is InChI=1S/C92H148NO8P/c1-6-8-10-12-14-16-18-20-22-24-26-28-30-32-34-36-38-40-42-44-45-46-47-49-50-52-54-56-58-60-62-64-66-68-70-72-74-76-78-80-82-84-91(94)98-88-90(89-100-102(96,97)99-87-86-93(3,4)5)101-92(95)85-83-81-79-77-75-73-71-69-67-65-63-61-59-57-55-53-51-48-43-41-39-37-35-33-31-29-27-25-23-21-19-17-15-13-11-9-7-2/h8-11,14-17,20-23,26-29,32-35,38-41,44-45,47-49,51,55,57,61,63,67,69,90H,6-7,12-13,18-19,24-25,30-31,36-37,42-43,46,50,52-54,56,58-60,62,64-66,68,70-89H2,1-5H3/b10-8-,11-9-,16-14-,17-15-,22-20-,23-21-,28-26-,29-27-,34-32-,35-33-,40-38-,41-39-,45-44-,49-47-,51-48-,57-55-,63-61-,69-67-. The summed E-state index contributed by atoms with van der Waals surface area (Å²) in [6.45, 7) is 3.98. The van der Waals surface area contributed by atoms with Crippen LogP contribution in [0.1, 0.15) is 296 Å². The normalized spacial score (nSPS) is 14.2. The van der Waals surface area contributed by atoms with Gasteiger partial charge < -0.3 is 27.9 Å². The predicted octanol–water partition coefficient (Wildman–Crippen LogP) is 26.9. The number of phosphoric acid groups is 1. The van der Waals surface area contributed by atoms with Gasteiger partial charge in [-0.05, 0) is 154 Å². The van der Waals surface area contributed by atoms with Crippen LogP contribution in [0.3, 0.4) is 0 Å². The minimum atomic E-state index is -4.67. The molecule has 0 N–H and O–H groups in total. The molecule has 0 aliphatic heterocycles. The Balaban J connectivity index is 4.08. The van der Waals surface area contributed by atoms with Gasteiger partial charge in [0.1, 0.15) is 19.8 Å². The highest BCUT2D eigenvalue weighted by Crippen LogP contribution is 2.38. The van der Waals surface area contributed by atoms with Crippen molar-refractivity contribution in [2.45, 2.75) is 302 Å². The lowest BCUT2D eigenvalue weighted by Crippen LogP contribution is -2.37. The molecule has 2 atom stereocenters. The van der Waals surface area contributed by atoms with E-state index in [0.717, 1.165) is 180 Å². The Hall–Kier alpha value is -5.67. The lowest BCUT2D eigenvalue weighted by atomic mass is 10.0. The van der Waals surface area contributed by atoms with Crippen molar-refractivity contribution in [1.82, 2.24) is 0 Å². The quantitative estimate of drug-likeness (QED) is 0.0195. The molecule has 0 bridgehead atoms. The first-order chi connectivity index (χ1) is 50.0. The summed E-state index contributed by atoms with van der Waals surface area (Å²) in [7, 11) is 1.13. The number of ether oxygens (including phenoxy) is 2. The second-order valence-corrected chi connectivity index (χ2v) is 28.7. The Kier molecular flexibility index (Phi) is 75.0. The van der Waals surface area contributed by atoms with Gasteiger partial charge in [-0.3, -0.25) is 14.2 Å². The smallest absolute Gasteiger partial charge is 0.306 e. The highest BCUT2D eigenvalue weighted by Gasteiger charge is 2.22. The van der Waals surface area contributed by atoms with Gasteiger partial charge in [-0.2, -0.15) is 0 Å². The van der Waals surface area contributed by atoms with Crippen molar-refractivity contribution < 1.29 is 42.1 Å². The number of carbonyl (C=O) groups is 2. The molecule has 2 unspecified atom stereocenters. The minimum Gasteiger partial charge on any atom is -0.756 e. The minimum absolute atomic E-state index is 0.0439. The molecule has 0 saturated heterocycles. The van der Waals surface area contributed by atoms with Gasteiger partial charge in [-0.1, -0.05) is 348 Å². The van der Waals surface area contributed by atoms with E-state index in [1.54, 1.807) is 0 Å². The Bertz CT molecular complexity index is 2530. The highest BCUT2D eigenvalue weighted by atomic mass is 31.2. The molecule has 0 heterocycles. The Morgan fingerprint density at radius 2 is 0.529 bits per heavy atom. The first kappa shape index (κ1) is 96.3. The predicted molar refractivity (Wildman–Crippen MR) is 442 cm³/mol. The Morgan fingerprint density at radius 1 is 0.304 bits per heavy atom. The van der Waals surface area contributed by atoms with Gasteiger partial charge in [0.15, 0.2) is 6.10 Å². The molecule has 0 rings (SSSR count). The topological polar surface area (TPSA) is 111 Å². The molecule has 0 aromatic rings. The van der Waals surface area contributed by atoms with E-state index in [1.807, 2.05) is 21.1 Å². The number of esters is 2. The molecular formula is C92H148NO8P. The maximum absolute atomic E-state index is 12.9. The average Bonchev–Trinajstić information content (AvgIpc) is 0.913. The van der Waals surface area contributed by atoms with Gasteiger partial charge in [-0.15, -0.1) is 0 Å². The molecule has 0 fully saturated rings. The van der Waals surface area contributed by atoms with Gasteiger partial charge >= 0.3 is 11.9 Å². The van der Waals surface area contributed by atoms with Crippen molar-refractivity contribution in [3.63, 3.8) is 0 Å². The van der Waals surface area contributed by atoms with Crippen LogP contribution in [-0.2, 0) is 32.7 Å². The zero-order valence-electron chi connectivity index (χ0n) is 65.5. The van der Waals surface area contributed by atoms with Crippen molar-refractivity contribution >= 4 is 19.8 Å². The summed E-state index contributed by atoms with van der Waals surface area (Å²) in [6, 6.07) is 0. The van der Waals surface area contributed by atoms with Crippen molar-refractivity contribution in [2.75, 3.05) is 47.5 Å². The van der Waals surface area contributed by atoms with E-state index >= 15 is 0 Å². The van der Waals surface area contributed by atoms with Crippen LogP contribution >= 0.6 is 7.82 Å². The summed E-state index contributed by atoms with van der Waals surface area (Å²) in [5.41, 5.74) is 0. The van der Waals surface area contributed by atoms with E-state index in [0.29, 0.717) is 17.4 Å². The second-order valence-electron chi connectivity index (χ2n) is 27.3. The second kappa shape index (κ2) is 79.4. The molecule has 0 aliphatic carbocycles. The van der Waals surface area contributed by atoms with E-state index < -0.39 is 32.5 Å². The van der Waals surface area contributed by atoms with Crippen LogP contribution < -0.4 is 4.89 Å². The maximum Gasteiger partial charge on any atom is 0.306 e. The van der Waals surface area contributed by atoms with E-state index in [1.165, 1.54) is 83.5 Å². The average molecular weight is 1430 g/mol. The lowest BCUT2D eigenvalue weighted by molar-refractivity contribution is -0.870. The zero-order valence-corrected chi connectivity index (χ0v) is 66.4. The molecular weight excluding hydrogens is 1280 g/mol. The third-order valence-corrected chi connectivity index (χ3v) is 17.5. The zero-order chi connectivity index (χ0) is 74.0. The van der Waals surface area contributed by atoms with Crippen LogP contribution in [0.15, 0.2) is 219 Å². The maximum atomic E-state index is 12.9. The number of carbonyl (C=O) groups excluding carboxylic acids is 2. The monoisotopic (exact) mass is 1430 g/mol. The highest BCUT2D eigenvalue weighted by molar-refractivity contribution is 7.45. The molecule has 0 aromatic heterocycles. The van der Waals surface area contributed by atoms with E-state index in [-0.39, 0.29) is 26.1 Å². The first-order valence-electron chi connectivity index (χ1n) is 40.4. The van der Waals surface area contributed by atoms with Crippen molar-refractivity contribution in [3.05, 3.63) is 219 Å². The van der Waals surface area contributed by atoms with E-state index in [9.17, 15) is 19.0 Å². The van der Waals surface area contributed by atoms with Crippen LogP contribution in [-0.4, -0.2) is 70.0 Å². The lowest BCUT2D eigenvalue weighted by Gasteiger charge is -2.28.